The molecule has 0 radical (unpaired) electrons. The van der Waals surface area contributed by atoms with Gasteiger partial charge in [-0.2, -0.15) is 0 Å². The number of nitrogens with zero attached hydrogens (tertiary/aromatic N) is 2. The molecule has 0 aliphatic carbocycles. The number of carbonyl (C=O) groups is 2. The second-order valence-electron chi connectivity index (χ2n) is 7.07. The van der Waals surface area contributed by atoms with E-state index in [0.717, 1.165) is 20.8 Å². The van der Waals surface area contributed by atoms with Gasteiger partial charge in [0.1, 0.15) is 5.01 Å². The van der Waals surface area contributed by atoms with Crippen LogP contribution in [0.4, 0.5) is 10.5 Å². The molecule has 2 aromatic carbocycles. The molecule has 0 aliphatic heterocycles. The lowest BCUT2D eigenvalue weighted by Crippen LogP contribution is -2.34. The molecule has 8 heteroatoms. The number of amides is 1. The van der Waals surface area contributed by atoms with Gasteiger partial charge >= 0.3 is 12.1 Å². The Morgan fingerprint density at radius 1 is 1.13 bits per heavy atom. The number of ether oxygens (including phenoxy) is 3. The first-order valence-electron chi connectivity index (χ1n) is 10.0. The highest BCUT2D eigenvalue weighted by Gasteiger charge is 2.20. The van der Waals surface area contributed by atoms with Crippen LogP contribution in [0.3, 0.4) is 0 Å². The molecule has 1 amide bonds. The van der Waals surface area contributed by atoms with Crippen molar-refractivity contribution in [2.75, 3.05) is 18.7 Å². The van der Waals surface area contributed by atoms with Gasteiger partial charge in [0.25, 0.3) is 0 Å². The van der Waals surface area contributed by atoms with Crippen LogP contribution in [-0.4, -0.2) is 37.0 Å². The van der Waals surface area contributed by atoms with E-state index >= 15 is 0 Å². The van der Waals surface area contributed by atoms with Gasteiger partial charge in [-0.15, -0.1) is 11.3 Å². The lowest BCUT2D eigenvalue weighted by atomic mass is 10.2. The Kier molecular flexibility index (Phi) is 7.97. The summed E-state index contributed by atoms with van der Waals surface area (Å²) in [5.74, 6) is -0.405. The van der Waals surface area contributed by atoms with E-state index in [1.54, 1.807) is 17.4 Å². The number of benzene rings is 2. The molecule has 1 atom stereocenters. The molecule has 7 nitrogen and oxygen atoms in total. The number of hydrogen-bond acceptors (Lipinski definition) is 7. The lowest BCUT2D eigenvalue weighted by Gasteiger charge is -2.22. The van der Waals surface area contributed by atoms with Gasteiger partial charge in [0.05, 0.1) is 35.7 Å². The van der Waals surface area contributed by atoms with Gasteiger partial charge in [-0.25, -0.2) is 14.7 Å². The number of fused-ring (bicyclic) bond motifs is 1. The Bertz CT molecular complexity index is 1000. The van der Waals surface area contributed by atoms with Gasteiger partial charge in [-0.05, 0) is 44.0 Å². The van der Waals surface area contributed by atoms with E-state index in [0.29, 0.717) is 18.7 Å². The number of aromatic nitrogens is 1. The number of anilines is 1. The van der Waals surface area contributed by atoms with Crippen LogP contribution in [0.25, 0.3) is 10.2 Å². The Hall–Kier alpha value is -2.97. The zero-order valence-electron chi connectivity index (χ0n) is 17.9. The second-order valence-corrected chi connectivity index (χ2v) is 8.18. The van der Waals surface area contributed by atoms with Crippen LogP contribution in [0.1, 0.15) is 30.3 Å². The fourth-order valence-electron chi connectivity index (χ4n) is 3.01. The molecule has 1 aromatic heterocycles. The van der Waals surface area contributed by atoms with Crippen molar-refractivity contribution in [1.29, 1.82) is 0 Å². The molecule has 0 saturated carbocycles. The van der Waals surface area contributed by atoms with Gasteiger partial charge in [0, 0.05) is 6.42 Å². The zero-order chi connectivity index (χ0) is 22.2. The van der Waals surface area contributed by atoms with Crippen LogP contribution in [0, 0.1) is 6.92 Å². The van der Waals surface area contributed by atoms with Gasteiger partial charge in [0.2, 0.25) is 0 Å². The summed E-state index contributed by atoms with van der Waals surface area (Å²) in [5.41, 5.74) is 2.47. The molecule has 0 N–H and O–H groups in total. The maximum Gasteiger partial charge on any atom is 0.416 e. The van der Waals surface area contributed by atoms with E-state index in [1.807, 2.05) is 56.3 Å². The third-order valence-electron chi connectivity index (χ3n) is 4.74. The van der Waals surface area contributed by atoms with Crippen molar-refractivity contribution in [3.8, 4) is 0 Å². The standard InChI is InChI=1S/C23H26N2O5S/c1-16-8-4-6-10-19(16)25(23(27)28-3)15-30-22(26)13-12-17(2)29-14-21-24-18-9-5-7-11-20(18)31-21/h4-11,17H,12-15H2,1-3H3. The summed E-state index contributed by atoms with van der Waals surface area (Å²) < 4.78 is 17.1. The molecule has 3 rings (SSSR count). The molecule has 1 unspecified atom stereocenters. The number of hydrogen-bond donors (Lipinski definition) is 0. The summed E-state index contributed by atoms with van der Waals surface area (Å²) in [4.78, 5) is 30.2. The van der Waals surface area contributed by atoms with Crippen LogP contribution >= 0.6 is 11.3 Å². The average molecular weight is 443 g/mol. The average Bonchev–Trinajstić information content (AvgIpc) is 3.20. The first-order valence-corrected chi connectivity index (χ1v) is 10.8. The normalized spacial score (nSPS) is 11.8. The van der Waals surface area contributed by atoms with Crippen LogP contribution in [-0.2, 0) is 25.6 Å². The van der Waals surface area contributed by atoms with Crippen LogP contribution in [0.2, 0.25) is 0 Å². The molecule has 1 heterocycles. The van der Waals surface area contributed by atoms with Crippen LogP contribution < -0.4 is 4.90 Å². The molecular weight excluding hydrogens is 416 g/mol. The number of aryl methyl sites for hydroxylation is 1. The van der Waals surface area contributed by atoms with Crippen molar-refractivity contribution in [3.05, 3.63) is 59.1 Å². The van der Waals surface area contributed by atoms with E-state index in [4.69, 9.17) is 14.2 Å². The van der Waals surface area contributed by atoms with Crippen molar-refractivity contribution in [3.63, 3.8) is 0 Å². The van der Waals surface area contributed by atoms with Crippen LogP contribution in [0.15, 0.2) is 48.5 Å². The summed E-state index contributed by atoms with van der Waals surface area (Å²) >= 11 is 1.60. The Labute approximate surface area is 185 Å². The molecular formula is C23H26N2O5S. The Balaban J connectivity index is 1.45. The number of carbonyl (C=O) groups excluding carboxylic acids is 2. The van der Waals surface area contributed by atoms with Crippen molar-refractivity contribution in [2.45, 2.75) is 39.4 Å². The maximum atomic E-state index is 12.2. The monoisotopic (exact) mass is 442 g/mol. The molecule has 0 saturated heterocycles. The predicted molar refractivity (Wildman–Crippen MR) is 120 cm³/mol. The third kappa shape index (κ3) is 6.26. The number of methoxy groups -OCH3 is 1. The number of thiazole rings is 1. The fraction of sp³-hybridized carbons (Fsp3) is 0.348. The largest absolute Gasteiger partial charge is 0.452 e. The SMILES string of the molecule is COC(=O)N(COC(=O)CCC(C)OCc1nc2ccccc2s1)c1ccccc1C. The molecule has 164 valence electrons. The predicted octanol–water partition coefficient (Wildman–Crippen LogP) is 5.06. The second kappa shape index (κ2) is 10.9. The molecule has 3 aromatic rings. The smallest absolute Gasteiger partial charge is 0.416 e. The minimum Gasteiger partial charge on any atom is -0.452 e. The summed E-state index contributed by atoms with van der Waals surface area (Å²) in [6.45, 7) is 3.97. The van der Waals surface area contributed by atoms with Gasteiger partial charge in [0.15, 0.2) is 6.73 Å². The first-order chi connectivity index (χ1) is 15.0. The van der Waals surface area contributed by atoms with Crippen molar-refractivity contribution < 1.29 is 23.8 Å². The Morgan fingerprint density at radius 2 is 1.87 bits per heavy atom. The molecule has 0 aliphatic rings. The van der Waals surface area contributed by atoms with Crippen molar-refractivity contribution in [2.24, 2.45) is 0 Å². The minimum atomic E-state index is -0.588. The molecule has 31 heavy (non-hydrogen) atoms. The zero-order valence-corrected chi connectivity index (χ0v) is 18.7. The van der Waals surface area contributed by atoms with E-state index in [1.165, 1.54) is 12.0 Å². The summed E-state index contributed by atoms with van der Waals surface area (Å²) in [6.07, 6.45) is -0.0295. The lowest BCUT2D eigenvalue weighted by molar-refractivity contribution is -0.144. The minimum absolute atomic E-state index is 0.132. The van der Waals surface area contributed by atoms with Gasteiger partial charge in [-0.1, -0.05) is 30.3 Å². The van der Waals surface area contributed by atoms with Crippen molar-refractivity contribution >= 4 is 39.3 Å². The van der Waals surface area contributed by atoms with E-state index < -0.39 is 12.1 Å². The Morgan fingerprint density at radius 3 is 2.61 bits per heavy atom. The van der Waals surface area contributed by atoms with Gasteiger partial charge in [-0.3, -0.25) is 4.79 Å². The molecule has 0 bridgehead atoms. The van der Waals surface area contributed by atoms with Crippen molar-refractivity contribution in [1.82, 2.24) is 4.98 Å². The topological polar surface area (TPSA) is 78.0 Å². The summed E-state index contributed by atoms with van der Waals surface area (Å²) in [6, 6.07) is 15.3. The number of rotatable bonds is 9. The maximum absolute atomic E-state index is 12.2. The summed E-state index contributed by atoms with van der Waals surface area (Å²) in [5, 5.41) is 0.905. The number of para-hydroxylation sites is 2. The van der Waals surface area contributed by atoms with Gasteiger partial charge < -0.3 is 14.2 Å². The van der Waals surface area contributed by atoms with E-state index in [2.05, 4.69) is 4.98 Å². The van der Waals surface area contributed by atoms with E-state index in [9.17, 15) is 9.59 Å². The fourth-order valence-corrected chi connectivity index (χ4v) is 3.90. The highest BCUT2D eigenvalue weighted by molar-refractivity contribution is 7.18. The molecule has 0 spiro atoms. The number of esters is 1. The summed E-state index contributed by atoms with van der Waals surface area (Å²) in [7, 11) is 1.29. The first kappa shape index (κ1) is 22.7. The quantitative estimate of drug-likeness (QED) is 0.340. The van der Waals surface area contributed by atoms with Crippen LogP contribution in [0.5, 0.6) is 0 Å². The molecule has 0 fully saturated rings. The highest BCUT2D eigenvalue weighted by Crippen LogP contribution is 2.23. The third-order valence-corrected chi connectivity index (χ3v) is 5.75. The highest BCUT2D eigenvalue weighted by atomic mass is 32.1. The van der Waals surface area contributed by atoms with E-state index in [-0.39, 0.29) is 19.3 Å².